The fraction of sp³-hybridized carbons (Fsp3) is 0.700. The number of carbonyl (C=O) groups excluding carboxylic acids is 2. The molecule has 0 bridgehead atoms. The van der Waals surface area contributed by atoms with Crippen LogP contribution < -0.4 is 0 Å². The van der Waals surface area contributed by atoms with E-state index in [0.717, 1.165) is 5.57 Å². The van der Waals surface area contributed by atoms with Crippen LogP contribution in [0.5, 0.6) is 0 Å². The lowest BCUT2D eigenvalue weighted by atomic mass is 9.53. The zero-order valence-corrected chi connectivity index (χ0v) is 16.0. The van der Waals surface area contributed by atoms with Crippen molar-refractivity contribution in [2.24, 2.45) is 17.3 Å². The molecule has 0 aromatic carbocycles. The van der Waals surface area contributed by atoms with Gasteiger partial charge in [0.1, 0.15) is 12.2 Å². The summed E-state index contributed by atoms with van der Waals surface area (Å²) in [4.78, 5) is 24.7. The minimum Gasteiger partial charge on any atom is -0.459 e. The number of hydrogen-bond acceptors (Lipinski definition) is 7. The molecule has 1 saturated heterocycles. The number of carbonyl (C=O) groups is 2. The van der Waals surface area contributed by atoms with Crippen molar-refractivity contribution in [2.75, 3.05) is 0 Å². The second-order valence-corrected chi connectivity index (χ2v) is 8.59. The van der Waals surface area contributed by atoms with E-state index in [1.165, 1.54) is 13.8 Å². The second kappa shape index (κ2) is 6.43. The molecular weight excluding hydrogens is 352 g/mol. The molecule has 3 rings (SSSR count). The first-order valence-corrected chi connectivity index (χ1v) is 9.28. The van der Waals surface area contributed by atoms with Crippen LogP contribution in [-0.4, -0.2) is 57.3 Å². The van der Waals surface area contributed by atoms with Crippen molar-refractivity contribution < 1.29 is 34.4 Å². The Bertz CT molecular complexity index is 694. The topological polar surface area (TPSA) is 113 Å². The van der Waals surface area contributed by atoms with Crippen LogP contribution in [-0.2, 0) is 19.1 Å². The summed E-state index contributed by atoms with van der Waals surface area (Å²) in [6, 6.07) is 0. The third-order valence-electron chi connectivity index (χ3n) is 6.77. The number of aliphatic hydroxyl groups is 3. The number of fused-ring (bicyclic) bond motifs is 3. The fourth-order valence-electron chi connectivity index (χ4n) is 4.77. The molecule has 0 unspecified atom stereocenters. The van der Waals surface area contributed by atoms with E-state index >= 15 is 0 Å². The van der Waals surface area contributed by atoms with Crippen LogP contribution >= 0.6 is 0 Å². The van der Waals surface area contributed by atoms with Crippen molar-refractivity contribution in [1.29, 1.82) is 0 Å². The first-order chi connectivity index (χ1) is 12.4. The lowest BCUT2D eigenvalue weighted by Crippen LogP contribution is -2.59. The van der Waals surface area contributed by atoms with E-state index in [1.54, 1.807) is 0 Å². The molecule has 1 aliphatic heterocycles. The lowest BCUT2D eigenvalue weighted by molar-refractivity contribution is -0.197. The summed E-state index contributed by atoms with van der Waals surface area (Å²) < 4.78 is 11.1. The van der Waals surface area contributed by atoms with E-state index < -0.39 is 53.3 Å². The van der Waals surface area contributed by atoms with Crippen molar-refractivity contribution in [3.8, 4) is 0 Å². The van der Waals surface area contributed by atoms with Gasteiger partial charge in [0.25, 0.3) is 0 Å². The maximum Gasteiger partial charge on any atom is 0.340 e. The molecule has 2 saturated carbocycles. The summed E-state index contributed by atoms with van der Waals surface area (Å²) in [5.74, 6) is -2.38. The molecule has 0 radical (unpaired) electrons. The van der Waals surface area contributed by atoms with Crippen LogP contribution in [0.2, 0.25) is 0 Å². The Kier molecular flexibility index (Phi) is 4.77. The molecule has 7 nitrogen and oxygen atoms in total. The van der Waals surface area contributed by atoms with Gasteiger partial charge in [-0.1, -0.05) is 25.7 Å². The van der Waals surface area contributed by atoms with Gasteiger partial charge in [-0.15, -0.1) is 0 Å². The molecule has 0 aromatic heterocycles. The second-order valence-electron chi connectivity index (χ2n) is 8.59. The summed E-state index contributed by atoms with van der Waals surface area (Å²) in [6.07, 6.45) is -2.00. The molecule has 1 heterocycles. The Balaban J connectivity index is 1.97. The van der Waals surface area contributed by atoms with Crippen LogP contribution in [0, 0.1) is 17.3 Å². The summed E-state index contributed by atoms with van der Waals surface area (Å²) >= 11 is 0. The molecule has 0 aromatic rings. The van der Waals surface area contributed by atoms with Crippen LogP contribution in [0.1, 0.15) is 40.0 Å². The largest absolute Gasteiger partial charge is 0.459 e. The predicted molar refractivity (Wildman–Crippen MR) is 95.3 cm³/mol. The molecule has 3 fully saturated rings. The smallest absolute Gasteiger partial charge is 0.340 e. The van der Waals surface area contributed by atoms with E-state index in [4.69, 9.17) is 9.47 Å². The zero-order chi connectivity index (χ0) is 20.3. The van der Waals surface area contributed by atoms with Crippen molar-refractivity contribution in [3.05, 3.63) is 24.3 Å². The minimum absolute atomic E-state index is 0.212. The zero-order valence-electron chi connectivity index (χ0n) is 16.0. The molecule has 0 spiro atoms. The van der Waals surface area contributed by atoms with Gasteiger partial charge in [-0.3, -0.25) is 0 Å². The fourth-order valence-corrected chi connectivity index (χ4v) is 4.77. The minimum atomic E-state index is -2.09. The van der Waals surface area contributed by atoms with Gasteiger partial charge in [-0.2, -0.15) is 0 Å². The summed E-state index contributed by atoms with van der Waals surface area (Å²) in [7, 11) is 0. The number of esters is 2. The predicted octanol–water partition coefficient (Wildman–Crippen LogP) is 0.865. The van der Waals surface area contributed by atoms with Gasteiger partial charge in [-0.25, -0.2) is 9.59 Å². The Morgan fingerprint density at radius 2 is 2.07 bits per heavy atom. The summed E-state index contributed by atoms with van der Waals surface area (Å²) in [6.45, 7) is 12.3. The molecule has 2 aliphatic carbocycles. The first kappa shape index (κ1) is 20.0. The van der Waals surface area contributed by atoms with Crippen LogP contribution in [0.4, 0.5) is 0 Å². The van der Waals surface area contributed by atoms with E-state index in [2.05, 4.69) is 13.2 Å². The molecule has 0 amide bonds. The maximum absolute atomic E-state index is 12.5. The van der Waals surface area contributed by atoms with Gasteiger partial charge in [0, 0.05) is 16.9 Å². The van der Waals surface area contributed by atoms with Crippen molar-refractivity contribution in [1.82, 2.24) is 0 Å². The van der Waals surface area contributed by atoms with E-state index in [0.29, 0.717) is 12.8 Å². The highest BCUT2D eigenvalue weighted by atomic mass is 16.6. The summed E-state index contributed by atoms with van der Waals surface area (Å²) in [5.41, 5.74) is -1.67. The highest BCUT2D eigenvalue weighted by Gasteiger charge is 2.62. The first-order valence-electron chi connectivity index (χ1n) is 9.28. The molecule has 8 atom stereocenters. The highest BCUT2D eigenvalue weighted by molar-refractivity contribution is 5.91. The van der Waals surface area contributed by atoms with Crippen LogP contribution in [0.25, 0.3) is 0 Å². The monoisotopic (exact) mass is 380 g/mol. The maximum atomic E-state index is 12.5. The molecule has 7 heteroatoms. The Hall–Kier alpha value is -1.70. The van der Waals surface area contributed by atoms with Gasteiger partial charge < -0.3 is 24.8 Å². The van der Waals surface area contributed by atoms with Crippen LogP contribution in [0.15, 0.2) is 24.3 Å². The average molecular weight is 380 g/mol. The van der Waals surface area contributed by atoms with Crippen LogP contribution in [0.3, 0.4) is 0 Å². The average Bonchev–Trinajstić information content (AvgIpc) is 2.86. The van der Waals surface area contributed by atoms with Crippen molar-refractivity contribution >= 4 is 11.9 Å². The lowest BCUT2D eigenvalue weighted by Gasteiger charge is -2.54. The van der Waals surface area contributed by atoms with Crippen molar-refractivity contribution in [3.63, 3.8) is 0 Å². The van der Waals surface area contributed by atoms with E-state index in [1.807, 2.05) is 6.92 Å². The summed E-state index contributed by atoms with van der Waals surface area (Å²) in [5, 5.41) is 30.6. The number of ether oxygens (including phenoxy) is 2. The molecular formula is C20H28O7. The standard InChI is InChI=1S/C20H28O7/c1-9-6-7-13(22)19(4)8-12(26-18(24)20(5,25)11(3)21)14-10(2)17(23)27-16(14)15(9)19/h11-16,21-22,25H,1-2,6-8H2,3-5H3/t11-,12+,13+,14+,15+,16-,19-,20-/m0/s1. The molecule has 3 aliphatic rings. The SMILES string of the molecule is C=C1C(=O)O[C@H]2[C@H]1[C@H](OC(=O)[C@@](C)(O)[C@H](C)O)C[C@@]1(C)[C@H](O)CCC(=C)[C@H]21. The number of hydrogen-bond donors (Lipinski definition) is 3. The molecule has 3 N–H and O–H groups in total. The van der Waals surface area contributed by atoms with Gasteiger partial charge in [0.05, 0.1) is 18.1 Å². The molecule has 27 heavy (non-hydrogen) atoms. The van der Waals surface area contributed by atoms with Gasteiger partial charge in [0.15, 0.2) is 5.60 Å². The number of rotatable bonds is 3. The Morgan fingerprint density at radius 3 is 2.67 bits per heavy atom. The molecule has 150 valence electrons. The third-order valence-corrected chi connectivity index (χ3v) is 6.77. The third kappa shape index (κ3) is 2.92. The van der Waals surface area contributed by atoms with E-state index in [-0.39, 0.29) is 17.9 Å². The normalized spacial score (nSPS) is 41.9. The Labute approximate surface area is 158 Å². The number of aliphatic hydroxyl groups excluding tert-OH is 2. The van der Waals surface area contributed by atoms with E-state index in [9.17, 15) is 24.9 Å². The Morgan fingerprint density at radius 1 is 1.44 bits per heavy atom. The van der Waals surface area contributed by atoms with Gasteiger partial charge >= 0.3 is 11.9 Å². The highest BCUT2D eigenvalue weighted by Crippen LogP contribution is 2.58. The van der Waals surface area contributed by atoms with Gasteiger partial charge in [0.2, 0.25) is 0 Å². The quantitative estimate of drug-likeness (QED) is 0.378. The van der Waals surface area contributed by atoms with Gasteiger partial charge in [-0.05, 0) is 33.1 Å². The van der Waals surface area contributed by atoms with Crippen molar-refractivity contribution in [2.45, 2.75) is 70.1 Å².